The van der Waals surface area contributed by atoms with E-state index in [1.54, 1.807) is 22.7 Å². The van der Waals surface area contributed by atoms with Gasteiger partial charge in [-0.25, -0.2) is 9.97 Å². The molecule has 2 aliphatic rings. The largest absolute Gasteiger partial charge is 0.309 e. The highest BCUT2D eigenvalue weighted by molar-refractivity contribution is 7.24. The Morgan fingerprint density at radius 1 is 0.284 bits per heavy atom. The summed E-state index contributed by atoms with van der Waals surface area (Å²) in [6, 6.07) is 99.8. The monoisotopic (exact) mass is 1080 g/mol. The fraction of sp³-hybridized carbons (Fsp3) is 0. The molecule has 1 spiro atoms. The molecule has 4 aromatic heterocycles. The maximum atomic E-state index is 5.23. The number of nitrogens with zero attached hydrogens (tertiary/aromatic N) is 4. The van der Waals surface area contributed by atoms with E-state index in [-0.39, 0.29) is 0 Å². The van der Waals surface area contributed by atoms with Crippen LogP contribution in [0.25, 0.3) is 141 Å². The van der Waals surface area contributed by atoms with Gasteiger partial charge in [-0.3, -0.25) is 0 Å². The van der Waals surface area contributed by atoms with E-state index in [9.17, 15) is 0 Å². The third kappa shape index (κ3) is 6.39. The van der Waals surface area contributed by atoms with E-state index in [0.717, 1.165) is 43.6 Å². The topological polar surface area (TPSA) is 35.6 Å². The van der Waals surface area contributed by atoms with Crippen LogP contribution in [0.2, 0.25) is 0 Å². The summed E-state index contributed by atoms with van der Waals surface area (Å²) in [5, 5.41) is 12.8. The number of hydrogen-bond donors (Lipinski definition) is 0. The smallest absolute Gasteiger partial charge is 0.182 e. The zero-order valence-corrected chi connectivity index (χ0v) is 46.1. The van der Waals surface area contributed by atoms with E-state index in [1.807, 2.05) is 0 Å². The molecular formula is C74H44N4S2Si. The van der Waals surface area contributed by atoms with Gasteiger partial charge in [0.15, 0.2) is 8.07 Å². The molecule has 0 atom stereocenters. The van der Waals surface area contributed by atoms with Crippen LogP contribution < -0.4 is 20.7 Å². The zero-order valence-electron chi connectivity index (χ0n) is 43.5. The van der Waals surface area contributed by atoms with Crippen molar-refractivity contribution in [2.75, 3.05) is 0 Å². The molecule has 0 saturated carbocycles. The number of thiazole rings is 2. The summed E-state index contributed by atoms with van der Waals surface area (Å²) >= 11 is 3.54. The molecule has 4 nitrogen and oxygen atoms in total. The lowest BCUT2D eigenvalue weighted by molar-refractivity contribution is 1.18. The van der Waals surface area contributed by atoms with Crippen LogP contribution in [0.4, 0.5) is 0 Å². The molecule has 0 unspecified atom stereocenters. The summed E-state index contributed by atoms with van der Waals surface area (Å²) in [5.74, 6) is 0. The van der Waals surface area contributed by atoms with Crippen LogP contribution in [0, 0.1) is 0 Å². The molecule has 0 fully saturated rings. The zero-order chi connectivity index (χ0) is 52.9. The minimum Gasteiger partial charge on any atom is -0.309 e. The van der Waals surface area contributed by atoms with E-state index < -0.39 is 8.07 Å². The molecule has 6 heterocycles. The maximum Gasteiger partial charge on any atom is 0.182 e. The van der Waals surface area contributed by atoms with Crippen LogP contribution in [0.1, 0.15) is 0 Å². The summed E-state index contributed by atoms with van der Waals surface area (Å²) in [7, 11) is -3.03. The Morgan fingerprint density at radius 3 is 1.07 bits per heavy atom. The summed E-state index contributed by atoms with van der Waals surface area (Å²) in [6.07, 6.45) is 0. The van der Waals surface area contributed by atoms with Gasteiger partial charge in [-0.05, 0) is 162 Å². The second kappa shape index (κ2) is 17.1. The summed E-state index contributed by atoms with van der Waals surface area (Å²) in [5.41, 5.74) is 21.5. The second-order valence-corrected chi connectivity index (χ2v) is 27.3. The third-order valence-corrected chi connectivity index (χ3v) is 24.5. The average Bonchev–Trinajstić information content (AvgIpc) is 4.34. The summed E-state index contributed by atoms with van der Waals surface area (Å²) in [4.78, 5) is 10.5. The van der Waals surface area contributed by atoms with Crippen LogP contribution in [0.15, 0.2) is 267 Å². The lowest BCUT2D eigenvalue weighted by Crippen LogP contribution is -2.70. The number of fused-ring (bicyclic) bond motifs is 18. The number of benzene rings is 12. The fourth-order valence-electron chi connectivity index (χ4n) is 14.1. The number of rotatable bonds is 6. The first-order valence-electron chi connectivity index (χ1n) is 27.6. The third-order valence-electron chi connectivity index (χ3n) is 17.4. The summed E-state index contributed by atoms with van der Waals surface area (Å²) in [6.45, 7) is 0. The first-order valence-corrected chi connectivity index (χ1v) is 31.3. The van der Waals surface area contributed by atoms with Crippen molar-refractivity contribution in [1.82, 2.24) is 19.1 Å². The second-order valence-electron chi connectivity index (χ2n) is 21.5. The van der Waals surface area contributed by atoms with Gasteiger partial charge < -0.3 is 9.13 Å². The van der Waals surface area contributed by atoms with Crippen molar-refractivity contribution < 1.29 is 0 Å². The molecule has 12 aromatic carbocycles. The van der Waals surface area contributed by atoms with Crippen LogP contribution in [-0.2, 0) is 0 Å². The van der Waals surface area contributed by atoms with Crippen molar-refractivity contribution >= 4 is 116 Å². The minimum atomic E-state index is -3.03. The van der Waals surface area contributed by atoms with Gasteiger partial charge in [0, 0.05) is 44.0 Å². The van der Waals surface area contributed by atoms with Crippen molar-refractivity contribution in [3.63, 3.8) is 0 Å². The Kier molecular flexibility index (Phi) is 9.54. The molecule has 2 aliphatic heterocycles. The average molecular weight is 1080 g/mol. The lowest BCUT2D eigenvalue weighted by Gasteiger charge is -2.28. The SMILES string of the molecule is c1ccc(-n2c3ccccc3c3c(-c4ccc5c(c4)-c4cc(-c6cccc7c6c6ccccc6n7-c6ccccc6)ccc4[Si]54c5ccc(-c6nc7ccccc7s6)cc5-c5cc(-c6nc7ccccc7s6)ccc54)cccc32)cc1. The Balaban J connectivity index is 0.913. The number of para-hydroxylation sites is 6. The Morgan fingerprint density at radius 2 is 0.642 bits per heavy atom. The highest BCUT2D eigenvalue weighted by Gasteiger charge is 2.54. The van der Waals surface area contributed by atoms with Crippen molar-refractivity contribution in [1.29, 1.82) is 0 Å². The van der Waals surface area contributed by atoms with E-state index in [1.165, 1.54) is 118 Å². The molecule has 376 valence electrons. The molecule has 0 aliphatic carbocycles. The van der Waals surface area contributed by atoms with Crippen molar-refractivity contribution in [2.45, 2.75) is 0 Å². The fourth-order valence-corrected chi connectivity index (χ4v) is 21.5. The van der Waals surface area contributed by atoms with Crippen LogP contribution >= 0.6 is 22.7 Å². The van der Waals surface area contributed by atoms with Gasteiger partial charge in [0.1, 0.15) is 10.0 Å². The van der Waals surface area contributed by atoms with E-state index in [2.05, 4.69) is 276 Å². The first-order chi connectivity index (χ1) is 40.2. The van der Waals surface area contributed by atoms with Crippen LogP contribution in [-0.4, -0.2) is 27.2 Å². The molecule has 18 rings (SSSR count). The van der Waals surface area contributed by atoms with Gasteiger partial charge in [0.25, 0.3) is 0 Å². The number of aromatic nitrogens is 4. The molecule has 0 N–H and O–H groups in total. The Hall–Kier alpha value is -9.76. The number of hydrogen-bond acceptors (Lipinski definition) is 4. The van der Waals surface area contributed by atoms with E-state index >= 15 is 0 Å². The van der Waals surface area contributed by atoms with Gasteiger partial charge in [-0.2, -0.15) is 0 Å². The predicted octanol–water partition coefficient (Wildman–Crippen LogP) is 17.1. The minimum absolute atomic E-state index is 1.04. The standard InChI is InChI=1S/C74H44N4S2Si/c1-3-17-49(18-4-1)77-61-27-11-7-21-53(61)71-51(23-15-29-63(71)77)45-33-37-67-55(41-45)56-42-46(52-24-16-30-64-72(52)54-22-8-12-28-62(54)78(64)50-19-5-2-6-20-50)34-38-68(56)81(67)69-39-35-47(73-75-59-25-9-13-31-65(59)79-73)43-57(69)58-44-48(36-40-70(58)81)74-76-60-26-10-14-32-66(60)80-74/h1-44H. The molecule has 0 bridgehead atoms. The molecule has 7 heteroatoms. The molecular weight excluding hydrogens is 1040 g/mol. The normalized spacial score (nSPS) is 13.0. The van der Waals surface area contributed by atoms with Crippen molar-refractivity contribution in [3.05, 3.63) is 267 Å². The molecule has 81 heavy (non-hydrogen) atoms. The van der Waals surface area contributed by atoms with Crippen molar-refractivity contribution in [2.24, 2.45) is 0 Å². The van der Waals surface area contributed by atoms with Crippen molar-refractivity contribution in [3.8, 4) is 77.0 Å². The van der Waals surface area contributed by atoms with E-state index in [0.29, 0.717) is 0 Å². The van der Waals surface area contributed by atoms with Gasteiger partial charge in [-0.1, -0.05) is 170 Å². The van der Waals surface area contributed by atoms with Gasteiger partial charge >= 0.3 is 0 Å². The first kappa shape index (κ1) is 45.1. The van der Waals surface area contributed by atoms with Gasteiger partial charge in [-0.15, -0.1) is 22.7 Å². The molecule has 0 saturated heterocycles. The van der Waals surface area contributed by atoms with Crippen LogP contribution in [0.5, 0.6) is 0 Å². The van der Waals surface area contributed by atoms with Gasteiger partial charge in [0.05, 0.1) is 42.5 Å². The quantitative estimate of drug-likeness (QED) is 0.156. The highest BCUT2D eigenvalue weighted by Crippen LogP contribution is 2.46. The molecule has 16 aromatic rings. The van der Waals surface area contributed by atoms with Crippen LogP contribution in [0.3, 0.4) is 0 Å². The Bertz CT molecular complexity index is 4920. The highest BCUT2D eigenvalue weighted by atomic mass is 32.1. The van der Waals surface area contributed by atoms with E-state index in [4.69, 9.17) is 9.97 Å². The summed E-state index contributed by atoms with van der Waals surface area (Å²) < 4.78 is 7.25. The van der Waals surface area contributed by atoms with Gasteiger partial charge in [0.2, 0.25) is 0 Å². The Labute approximate surface area is 475 Å². The maximum absolute atomic E-state index is 5.23. The molecule has 0 radical (unpaired) electrons. The lowest BCUT2D eigenvalue weighted by atomic mass is 9.93. The molecule has 0 amide bonds. The predicted molar refractivity (Wildman–Crippen MR) is 345 cm³/mol.